The monoisotopic (exact) mass is 598 g/mol. The van der Waals surface area contributed by atoms with Crippen LogP contribution >= 0.6 is 0 Å². The van der Waals surface area contributed by atoms with Crippen molar-refractivity contribution in [3.05, 3.63) is 41.0 Å². The van der Waals surface area contributed by atoms with Crippen LogP contribution < -0.4 is 0 Å². The zero-order valence-corrected chi connectivity index (χ0v) is 27.5. The standard InChI is InChI=1S/C20H30O2.C20H24O2/c1-18-9-6-14(21)12-13(18)4-5-15-16(18)7-10-19(2)17(15)8-11-20(19,3)22;1-3-20(22)11-9-18-17-6-4-13-12-14(21)5-7-15(13)16(17)8-10-19(18,20)2/h12,15-17,22H,4-11H2,1-3H3;1,5,7,12,16-18,21-22H,4,6,8-11H2,2H3/t15-,16+,17+,18+,19+,20+;16-,17-,18+,19+,20+/m11/s1. The smallest absolute Gasteiger partial charge is 0.155 e. The Morgan fingerprint density at radius 3 is 2.23 bits per heavy atom. The maximum absolute atomic E-state index is 11.8. The average Bonchev–Trinajstić information content (AvgIpc) is 3.41. The van der Waals surface area contributed by atoms with Gasteiger partial charge in [-0.05, 0) is 166 Å². The second-order valence-corrected chi connectivity index (χ2v) is 17.0. The number of aliphatic hydroxyl groups is 2. The molecule has 4 heteroatoms. The number of phenolic OH excluding ortho intramolecular Hbond substituents is 1. The Bertz CT molecular complexity index is 1420. The predicted molar refractivity (Wildman–Crippen MR) is 174 cm³/mol. The van der Waals surface area contributed by atoms with Crippen LogP contribution in [-0.4, -0.2) is 32.3 Å². The number of fused-ring (bicyclic) bond motifs is 10. The number of aromatic hydroxyl groups is 1. The van der Waals surface area contributed by atoms with Crippen LogP contribution in [0.25, 0.3) is 0 Å². The molecule has 0 amide bonds. The summed E-state index contributed by atoms with van der Waals surface area (Å²) in [6.45, 7) is 9.06. The number of benzene rings is 1. The maximum Gasteiger partial charge on any atom is 0.155 e. The molecule has 44 heavy (non-hydrogen) atoms. The van der Waals surface area contributed by atoms with Crippen LogP contribution in [0.15, 0.2) is 29.8 Å². The van der Waals surface area contributed by atoms with Gasteiger partial charge in [-0.2, -0.15) is 0 Å². The highest BCUT2D eigenvalue weighted by atomic mass is 16.3. The first-order valence-corrected chi connectivity index (χ1v) is 17.7. The number of aryl methyl sites for hydroxylation is 1. The third kappa shape index (κ3) is 4.20. The highest BCUT2D eigenvalue weighted by Crippen LogP contribution is 2.68. The van der Waals surface area contributed by atoms with E-state index in [-0.39, 0.29) is 16.2 Å². The molecule has 0 spiro atoms. The van der Waals surface area contributed by atoms with E-state index >= 15 is 0 Å². The summed E-state index contributed by atoms with van der Waals surface area (Å²) < 4.78 is 0. The second-order valence-electron chi connectivity index (χ2n) is 17.0. The molecule has 238 valence electrons. The number of carbonyl (C=O) groups excluding carboxylic acids is 1. The lowest BCUT2D eigenvalue weighted by Crippen LogP contribution is -2.53. The van der Waals surface area contributed by atoms with Crippen molar-refractivity contribution >= 4 is 5.78 Å². The average molecular weight is 599 g/mol. The van der Waals surface area contributed by atoms with Crippen LogP contribution in [0.4, 0.5) is 0 Å². The van der Waals surface area contributed by atoms with Crippen LogP contribution in [0, 0.1) is 58.2 Å². The van der Waals surface area contributed by atoms with Crippen LogP contribution in [0.5, 0.6) is 5.75 Å². The molecule has 0 bridgehead atoms. The third-order valence-electron chi connectivity index (χ3n) is 15.6. The van der Waals surface area contributed by atoms with Crippen molar-refractivity contribution in [1.29, 1.82) is 0 Å². The Morgan fingerprint density at radius 1 is 0.773 bits per heavy atom. The zero-order valence-electron chi connectivity index (χ0n) is 27.5. The van der Waals surface area contributed by atoms with Gasteiger partial charge in [0.05, 0.1) is 5.60 Å². The number of carbonyl (C=O) groups is 1. The fourth-order valence-electron chi connectivity index (χ4n) is 12.6. The van der Waals surface area contributed by atoms with Gasteiger partial charge in [0.2, 0.25) is 0 Å². The molecule has 0 aromatic heterocycles. The minimum Gasteiger partial charge on any atom is -0.508 e. The number of hydrogen-bond donors (Lipinski definition) is 3. The molecule has 0 unspecified atom stereocenters. The molecular weight excluding hydrogens is 544 g/mol. The van der Waals surface area contributed by atoms with E-state index < -0.39 is 11.2 Å². The molecule has 1 aromatic carbocycles. The summed E-state index contributed by atoms with van der Waals surface area (Å²) in [5.41, 5.74) is 3.01. The highest BCUT2D eigenvalue weighted by Gasteiger charge is 2.63. The fraction of sp³-hybridized carbons (Fsp3) is 0.725. The summed E-state index contributed by atoms with van der Waals surface area (Å²) in [6.07, 6.45) is 22.4. The SMILES string of the molecule is C#C[C@]1(O)CC[C@H]2[C@@H]3CCc4cc(O)ccc4[C@H]3CC[C@@]21C.C[C@]12CCC(=O)C=C1CC[C@@H]1[C@@H]2CC[C@@]2(C)[C@H]1CC[C@]2(C)O. The van der Waals surface area contributed by atoms with Crippen molar-refractivity contribution in [2.45, 2.75) is 135 Å². The van der Waals surface area contributed by atoms with E-state index in [1.54, 1.807) is 0 Å². The van der Waals surface area contributed by atoms with Gasteiger partial charge in [-0.3, -0.25) is 4.79 Å². The lowest BCUT2D eigenvalue weighted by molar-refractivity contribution is -0.124. The molecule has 0 aliphatic heterocycles. The normalized spacial score (nSPS) is 48.6. The third-order valence-corrected chi connectivity index (χ3v) is 15.6. The molecule has 11 atom stereocenters. The van der Waals surface area contributed by atoms with Gasteiger partial charge in [-0.25, -0.2) is 0 Å². The Hall–Kier alpha value is -2.09. The quantitative estimate of drug-likeness (QED) is 0.266. The summed E-state index contributed by atoms with van der Waals surface area (Å²) in [7, 11) is 0. The molecule has 8 rings (SSSR count). The Balaban J connectivity index is 0.000000142. The molecule has 4 nitrogen and oxygen atoms in total. The molecule has 0 heterocycles. The van der Waals surface area contributed by atoms with Gasteiger partial charge >= 0.3 is 0 Å². The van der Waals surface area contributed by atoms with Gasteiger partial charge in [0.1, 0.15) is 11.4 Å². The van der Waals surface area contributed by atoms with Gasteiger partial charge in [0.15, 0.2) is 5.78 Å². The fourth-order valence-corrected chi connectivity index (χ4v) is 12.6. The van der Waals surface area contributed by atoms with Crippen LogP contribution in [0.1, 0.15) is 128 Å². The molecule has 5 saturated carbocycles. The molecular formula is C40H54O4. The zero-order chi connectivity index (χ0) is 31.3. The van der Waals surface area contributed by atoms with E-state index in [1.807, 2.05) is 18.2 Å². The van der Waals surface area contributed by atoms with E-state index in [0.717, 1.165) is 82.5 Å². The lowest BCUT2D eigenvalue weighted by atomic mass is 9.46. The van der Waals surface area contributed by atoms with E-state index in [1.165, 1.54) is 36.0 Å². The number of rotatable bonds is 0. The van der Waals surface area contributed by atoms with E-state index in [0.29, 0.717) is 35.2 Å². The van der Waals surface area contributed by atoms with E-state index in [4.69, 9.17) is 6.42 Å². The van der Waals surface area contributed by atoms with E-state index in [9.17, 15) is 20.1 Å². The molecule has 0 saturated heterocycles. The van der Waals surface area contributed by atoms with Crippen LogP contribution in [0.3, 0.4) is 0 Å². The van der Waals surface area contributed by atoms with E-state index in [2.05, 4.69) is 39.7 Å². The largest absolute Gasteiger partial charge is 0.508 e. The molecule has 0 radical (unpaired) electrons. The van der Waals surface area contributed by atoms with Crippen LogP contribution in [0.2, 0.25) is 0 Å². The van der Waals surface area contributed by atoms with Crippen molar-refractivity contribution in [2.75, 3.05) is 0 Å². The summed E-state index contributed by atoms with van der Waals surface area (Å²) in [5, 5.41) is 31.5. The summed E-state index contributed by atoms with van der Waals surface area (Å²) in [4.78, 5) is 11.8. The Kier molecular flexibility index (Phi) is 7.09. The predicted octanol–water partition coefficient (Wildman–Crippen LogP) is 7.88. The number of phenols is 1. The topological polar surface area (TPSA) is 77.8 Å². The number of ketones is 1. The van der Waals surface area contributed by atoms with Crippen molar-refractivity contribution < 1.29 is 20.1 Å². The Morgan fingerprint density at radius 2 is 1.45 bits per heavy atom. The maximum atomic E-state index is 11.8. The molecule has 7 aliphatic carbocycles. The lowest BCUT2D eigenvalue weighted by Gasteiger charge is -2.58. The van der Waals surface area contributed by atoms with Crippen molar-refractivity contribution in [3.63, 3.8) is 0 Å². The first-order valence-electron chi connectivity index (χ1n) is 17.7. The second kappa shape index (κ2) is 10.2. The minimum absolute atomic E-state index is 0.107. The van der Waals surface area contributed by atoms with Gasteiger partial charge in [-0.15, -0.1) is 6.42 Å². The van der Waals surface area contributed by atoms with Crippen molar-refractivity contribution in [3.8, 4) is 18.1 Å². The summed E-state index contributed by atoms with van der Waals surface area (Å²) >= 11 is 0. The molecule has 3 N–H and O–H groups in total. The van der Waals surface area contributed by atoms with Gasteiger partial charge in [0, 0.05) is 11.8 Å². The van der Waals surface area contributed by atoms with Crippen molar-refractivity contribution in [1.82, 2.24) is 0 Å². The van der Waals surface area contributed by atoms with Gasteiger partial charge in [0.25, 0.3) is 0 Å². The van der Waals surface area contributed by atoms with Crippen LogP contribution in [-0.2, 0) is 11.2 Å². The van der Waals surface area contributed by atoms with Crippen molar-refractivity contribution in [2.24, 2.45) is 45.8 Å². The summed E-state index contributed by atoms with van der Waals surface area (Å²) in [5.74, 6) is 7.32. The molecule has 1 aromatic rings. The number of allylic oxidation sites excluding steroid dienone is 1. The van der Waals surface area contributed by atoms with Gasteiger partial charge < -0.3 is 15.3 Å². The summed E-state index contributed by atoms with van der Waals surface area (Å²) in [6, 6.07) is 5.87. The Labute approximate surface area is 265 Å². The highest BCUT2D eigenvalue weighted by molar-refractivity contribution is 5.91. The minimum atomic E-state index is -0.919. The number of terminal acetylenes is 1. The first kappa shape index (κ1) is 30.6. The molecule has 7 aliphatic rings. The molecule has 5 fully saturated rings. The number of hydrogen-bond acceptors (Lipinski definition) is 4. The first-order chi connectivity index (χ1) is 20.8. The van der Waals surface area contributed by atoms with Gasteiger partial charge in [-0.1, -0.05) is 38.3 Å².